The summed E-state index contributed by atoms with van der Waals surface area (Å²) >= 11 is 0. The standard InChI is InChI=1S/C30H32N2O6S/c1-30(2,3)32(39(34,35)23-15-9-6-10-16-23)25-21-24(22-13-7-5-8-14-22)31-29(37-20-19-33)28(25)38-27-18-12-11-17-26(27)36-4/h5-18,21,33H,19-20H2,1-4H3. The predicted molar refractivity (Wildman–Crippen MR) is 151 cm³/mol. The van der Waals surface area contributed by atoms with Gasteiger partial charge in [0.1, 0.15) is 12.3 Å². The molecule has 0 fully saturated rings. The van der Waals surface area contributed by atoms with Crippen LogP contribution in [-0.4, -0.2) is 44.4 Å². The van der Waals surface area contributed by atoms with Crippen molar-refractivity contribution >= 4 is 15.7 Å². The summed E-state index contributed by atoms with van der Waals surface area (Å²) in [5.41, 5.74) is 0.516. The van der Waals surface area contributed by atoms with Crippen LogP contribution in [-0.2, 0) is 10.0 Å². The van der Waals surface area contributed by atoms with E-state index in [1.807, 2.05) is 30.3 Å². The Morgan fingerprint density at radius 1 is 0.872 bits per heavy atom. The number of aliphatic hydroxyl groups is 1. The van der Waals surface area contributed by atoms with Crippen LogP contribution in [0.4, 0.5) is 5.69 Å². The first-order valence-corrected chi connectivity index (χ1v) is 13.9. The Morgan fingerprint density at radius 3 is 2.05 bits per heavy atom. The van der Waals surface area contributed by atoms with Gasteiger partial charge in [0, 0.05) is 11.1 Å². The van der Waals surface area contributed by atoms with Gasteiger partial charge in [-0.2, -0.15) is 0 Å². The second kappa shape index (κ2) is 11.8. The highest BCUT2D eigenvalue weighted by Crippen LogP contribution is 2.47. The highest BCUT2D eigenvalue weighted by Gasteiger charge is 2.38. The number of methoxy groups -OCH3 is 1. The Morgan fingerprint density at radius 2 is 1.46 bits per heavy atom. The van der Waals surface area contributed by atoms with E-state index in [2.05, 4.69) is 0 Å². The van der Waals surface area contributed by atoms with Gasteiger partial charge in [0.25, 0.3) is 15.9 Å². The minimum atomic E-state index is -4.09. The van der Waals surface area contributed by atoms with Gasteiger partial charge in [0.05, 0.1) is 24.3 Å². The van der Waals surface area contributed by atoms with Crippen molar-refractivity contribution in [3.63, 3.8) is 0 Å². The van der Waals surface area contributed by atoms with E-state index >= 15 is 0 Å². The van der Waals surface area contributed by atoms with Crippen molar-refractivity contribution in [3.05, 3.63) is 91.0 Å². The average Bonchev–Trinajstić information content (AvgIpc) is 2.93. The fourth-order valence-electron chi connectivity index (χ4n) is 4.10. The molecular weight excluding hydrogens is 516 g/mol. The second-order valence-corrected chi connectivity index (χ2v) is 11.4. The molecule has 39 heavy (non-hydrogen) atoms. The summed E-state index contributed by atoms with van der Waals surface area (Å²) in [6.07, 6.45) is 0. The summed E-state index contributed by atoms with van der Waals surface area (Å²) in [4.78, 5) is 4.82. The normalized spacial score (nSPS) is 11.6. The monoisotopic (exact) mass is 548 g/mol. The van der Waals surface area contributed by atoms with Crippen molar-refractivity contribution < 1.29 is 27.7 Å². The van der Waals surface area contributed by atoms with Crippen LogP contribution in [0.5, 0.6) is 23.1 Å². The molecule has 4 aromatic rings. The summed E-state index contributed by atoms with van der Waals surface area (Å²) in [6.45, 7) is 5.06. The largest absolute Gasteiger partial charge is 0.493 e. The zero-order valence-corrected chi connectivity index (χ0v) is 23.2. The van der Waals surface area contributed by atoms with E-state index < -0.39 is 15.6 Å². The molecule has 0 saturated carbocycles. The van der Waals surface area contributed by atoms with Gasteiger partial charge in [-0.1, -0.05) is 60.7 Å². The molecule has 9 heteroatoms. The van der Waals surface area contributed by atoms with Crippen molar-refractivity contribution in [3.8, 4) is 34.4 Å². The Bertz CT molecular complexity index is 1500. The fourth-order valence-corrected chi connectivity index (χ4v) is 5.93. The minimum absolute atomic E-state index is 0.0313. The molecule has 4 rings (SSSR count). The summed E-state index contributed by atoms with van der Waals surface area (Å²) in [7, 11) is -2.57. The molecule has 3 aromatic carbocycles. The van der Waals surface area contributed by atoms with Crippen LogP contribution in [0.2, 0.25) is 0 Å². The number of sulfonamides is 1. The van der Waals surface area contributed by atoms with Crippen LogP contribution in [0, 0.1) is 0 Å². The summed E-state index contributed by atoms with van der Waals surface area (Å²) in [5.74, 6) is 0.887. The van der Waals surface area contributed by atoms with E-state index in [1.54, 1.807) is 81.4 Å². The quantitative estimate of drug-likeness (QED) is 0.263. The molecule has 1 heterocycles. The topological polar surface area (TPSA) is 98.2 Å². The Labute approximate surface area is 229 Å². The zero-order chi connectivity index (χ0) is 28.0. The molecule has 0 amide bonds. The third-order valence-corrected chi connectivity index (χ3v) is 7.81. The number of rotatable bonds is 10. The van der Waals surface area contributed by atoms with Crippen molar-refractivity contribution in [1.29, 1.82) is 0 Å². The van der Waals surface area contributed by atoms with E-state index in [4.69, 9.17) is 19.2 Å². The van der Waals surface area contributed by atoms with Crippen molar-refractivity contribution in [2.75, 3.05) is 24.6 Å². The van der Waals surface area contributed by atoms with Crippen LogP contribution in [0.3, 0.4) is 0 Å². The maximum Gasteiger partial charge on any atom is 0.264 e. The zero-order valence-electron chi connectivity index (χ0n) is 22.4. The molecule has 0 bridgehead atoms. The maximum absolute atomic E-state index is 14.2. The first-order valence-electron chi connectivity index (χ1n) is 12.4. The molecule has 0 radical (unpaired) electrons. The van der Waals surface area contributed by atoms with Crippen LogP contribution >= 0.6 is 0 Å². The number of hydrogen-bond donors (Lipinski definition) is 1. The number of anilines is 1. The van der Waals surface area contributed by atoms with E-state index in [0.29, 0.717) is 17.2 Å². The van der Waals surface area contributed by atoms with Gasteiger partial charge in [-0.05, 0) is 51.1 Å². The number of ether oxygens (including phenoxy) is 3. The molecule has 204 valence electrons. The second-order valence-electron chi connectivity index (χ2n) is 9.61. The fraction of sp³-hybridized carbons (Fsp3) is 0.233. The maximum atomic E-state index is 14.2. The SMILES string of the molecule is COc1ccccc1Oc1c(N(C(C)(C)C)S(=O)(=O)c2ccccc2)cc(-c2ccccc2)nc1OCCO. The Balaban J connectivity index is 2.05. The van der Waals surface area contributed by atoms with Gasteiger partial charge in [-0.3, -0.25) is 4.31 Å². The Kier molecular flexibility index (Phi) is 8.42. The van der Waals surface area contributed by atoms with Crippen molar-refractivity contribution in [1.82, 2.24) is 4.98 Å². The lowest BCUT2D eigenvalue weighted by Gasteiger charge is -2.37. The Hall–Kier alpha value is -4.08. The molecule has 0 aliphatic rings. The number of para-hydroxylation sites is 2. The third kappa shape index (κ3) is 6.16. The summed E-state index contributed by atoms with van der Waals surface area (Å²) in [5, 5.41) is 9.54. The lowest BCUT2D eigenvalue weighted by Crippen LogP contribution is -2.46. The van der Waals surface area contributed by atoms with Crippen LogP contribution in [0.25, 0.3) is 11.3 Å². The molecule has 0 atom stereocenters. The number of nitrogens with zero attached hydrogens (tertiary/aromatic N) is 2. The van der Waals surface area contributed by atoms with Crippen molar-refractivity contribution in [2.24, 2.45) is 0 Å². The highest BCUT2D eigenvalue weighted by atomic mass is 32.2. The van der Waals surface area contributed by atoms with Crippen molar-refractivity contribution in [2.45, 2.75) is 31.2 Å². The predicted octanol–water partition coefficient (Wildman–Crippen LogP) is 5.91. The minimum Gasteiger partial charge on any atom is -0.493 e. The number of benzene rings is 3. The van der Waals surface area contributed by atoms with Gasteiger partial charge in [-0.15, -0.1) is 0 Å². The molecule has 1 aromatic heterocycles. The van der Waals surface area contributed by atoms with Gasteiger partial charge < -0.3 is 19.3 Å². The number of aliphatic hydroxyl groups excluding tert-OH is 1. The first kappa shape index (κ1) is 27.9. The molecular formula is C30H32N2O6S. The van der Waals surface area contributed by atoms with Crippen LogP contribution < -0.4 is 18.5 Å². The number of aromatic nitrogens is 1. The first-order chi connectivity index (χ1) is 18.7. The summed E-state index contributed by atoms with van der Waals surface area (Å²) in [6, 6.07) is 26.3. The molecule has 8 nitrogen and oxygen atoms in total. The molecule has 1 N–H and O–H groups in total. The van der Waals surface area contributed by atoms with E-state index in [0.717, 1.165) is 5.56 Å². The van der Waals surface area contributed by atoms with Gasteiger partial charge in [0.15, 0.2) is 11.5 Å². The van der Waals surface area contributed by atoms with E-state index in [1.165, 1.54) is 11.4 Å². The lowest BCUT2D eigenvalue weighted by molar-refractivity contribution is 0.192. The molecule has 0 aliphatic heterocycles. The average molecular weight is 549 g/mol. The smallest absolute Gasteiger partial charge is 0.264 e. The number of pyridine rings is 1. The lowest BCUT2D eigenvalue weighted by atomic mass is 10.1. The van der Waals surface area contributed by atoms with E-state index in [-0.39, 0.29) is 35.4 Å². The molecule has 0 spiro atoms. The molecule has 0 aliphatic carbocycles. The third-order valence-electron chi connectivity index (χ3n) is 5.71. The highest BCUT2D eigenvalue weighted by molar-refractivity contribution is 7.93. The molecule has 0 unspecified atom stereocenters. The number of hydrogen-bond acceptors (Lipinski definition) is 7. The van der Waals surface area contributed by atoms with Gasteiger partial charge in [-0.25, -0.2) is 13.4 Å². The van der Waals surface area contributed by atoms with Crippen LogP contribution in [0.15, 0.2) is 95.9 Å². The molecule has 0 saturated heterocycles. The van der Waals surface area contributed by atoms with Gasteiger partial charge in [0.2, 0.25) is 5.75 Å². The summed E-state index contributed by atoms with van der Waals surface area (Å²) < 4.78 is 47.5. The van der Waals surface area contributed by atoms with Gasteiger partial charge >= 0.3 is 0 Å². The van der Waals surface area contributed by atoms with Crippen LogP contribution in [0.1, 0.15) is 20.8 Å². The van der Waals surface area contributed by atoms with E-state index in [9.17, 15) is 13.5 Å².